The minimum absolute atomic E-state index is 0.430. The summed E-state index contributed by atoms with van der Waals surface area (Å²) in [5.41, 5.74) is 7.33. The van der Waals surface area contributed by atoms with E-state index in [1.807, 2.05) is 13.0 Å². The molecule has 0 saturated heterocycles. The highest BCUT2D eigenvalue weighted by molar-refractivity contribution is 14.1. The Morgan fingerprint density at radius 3 is 2.82 bits per heavy atom. The number of nitrogens with two attached hydrogens (primary N) is 1. The van der Waals surface area contributed by atoms with Crippen LogP contribution in [-0.2, 0) is 0 Å². The van der Waals surface area contributed by atoms with Gasteiger partial charge in [0, 0.05) is 21.0 Å². The minimum atomic E-state index is 0.430. The summed E-state index contributed by atoms with van der Waals surface area (Å²) in [6.07, 6.45) is 1.77. The molecule has 2 nitrogen and oxygen atoms in total. The molecule has 0 unspecified atom stereocenters. The van der Waals surface area contributed by atoms with E-state index in [4.69, 9.17) is 18.0 Å². The Labute approximate surface area is 84.3 Å². The van der Waals surface area contributed by atoms with Crippen LogP contribution in [0, 0.1) is 10.5 Å². The van der Waals surface area contributed by atoms with Crippen LogP contribution in [0.4, 0.5) is 0 Å². The Morgan fingerprint density at radius 1 is 1.73 bits per heavy atom. The van der Waals surface area contributed by atoms with Gasteiger partial charge in [0.15, 0.2) is 0 Å². The summed E-state index contributed by atoms with van der Waals surface area (Å²) in [5.74, 6) is 0. The highest BCUT2D eigenvalue weighted by Gasteiger charge is 2.02. The van der Waals surface area contributed by atoms with Crippen molar-refractivity contribution < 1.29 is 0 Å². The lowest BCUT2D eigenvalue weighted by Crippen LogP contribution is -2.11. The van der Waals surface area contributed by atoms with Gasteiger partial charge in [-0.05, 0) is 35.6 Å². The maximum absolute atomic E-state index is 5.48. The summed E-state index contributed by atoms with van der Waals surface area (Å²) in [6.45, 7) is 1.91. The Balaban J connectivity index is 3.23. The van der Waals surface area contributed by atoms with Crippen LogP contribution in [0.3, 0.4) is 0 Å². The van der Waals surface area contributed by atoms with Crippen LogP contribution in [0.2, 0.25) is 0 Å². The molecule has 0 aromatic carbocycles. The third kappa shape index (κ3) is 2.10. The van der Waals surface area contributed by atoms with Crippen LogP contribution < -0.4 is 5.73 Å². The van der Waals surface area contributed by atoms with Crippen molar-refractivity contribution in [3.8, 4) is 0 Å². The van der Waals surface area contributed by atoms with Gasteiger partial charge in [0.25, 0.3) is 0 Å². The lowest BCUT2D eigenvalue weighted by molar-refractivity contribution is 1.18. The Morgan fingerprint density at radius 2 is 2.36 bits per heavy atom. The largest absolute Gasteiger partial charge is 0.389 e. The Hall–Kier alpha value is -0.230. The van der Waals surface area contributed by atoms with Crippen LogP contribution in [-0.4, -0.2) is 9.97 Å². The van der Waals surface area contributed by atoms with Crippen LogP contribution in [0.15, 0.2) is 12.3 Å². The van der Waals surface area contributed by atoms with Crippen molar-refractivity contribution in [1.82, 2.24) is 4.98 Å². The first-order valence-corrected chi connectivity index (χ1v) is 4.52. The number of thiocarbonyl (C=S) groups is 1. The standard InChI is InChI=1S/C7H7IN2S/c1-4-2-5(7(9)11)6(8)3-10-4/h2-3H,1H3,(H2,9,11). The molecule has 0 spiro atoms. The van der Waals surface area contributed by atoms with E-state index in [2.05, 4.69) is 27.6 Å². The van der Waals surface area contributed by atoms with Crippen molar-refractivity contribution in [2.45, 2.75) is 6.92 Å². The summed E-state index contributed by atoms with van der Waals surface area (Å²) < 4.78 is 1.00. The molecule has 4 heteroatoms. The predicted molar refractivity (Wildman–Crippen MR) is 57.6 cm³/mol. The average Bonchev–Trinajstić information content (AvgIpc) is 1.94. The molecule has 1 heterocycles. The molecule has 1 aromatic heterocycles. The average molecular weight is 278 g/mol. The molecule has 58 valence electrons. The second-order valence-electron chi connectivity index (χ2n) is 2.17. The Kier molecular flexibility index (Phi) is 2.78. The molecular formula is C7H7IN2S. The van der Waals surface area contributed by atoms with Crippen molar-refractivity contribution in [2.75, 3.05) is 0 Å². The van der Waals surface area contributed by atoms with Crippen molar-refractivity contribution in [2.24, 2.45) is 5.73 Å². The number of nitrogens with zero attached hydrogens (tertiary/aromatic N) is 1. The summed E-state index contributed by atoms with van der Waals surface area (Å²) in [6, 6.07) is 1.89. The minimum Gasteiger partial charge on any atom is -0.389 e. The zero-order valence-corrected chi connectivity index (χ0v) is 8.94. The molecule has 0 aliphatic carbocycles. The lowest BCUT2D eigenvalue weighted by atomic mass is 10.2. The van der Waals surface area contributed by atoms with E-state index in [1.54, 1.807) is 6.20 Å². The monoisotopic (exact) mass is 278 g/mol. The van der Waals surface area contributed by atoms with E-state index in [0.717, 1.165) is 14.8 Å². The molecular weight excluding hydrogens is 271 g/mol. The van der Waals surface area contributed by atoms with E-state index in [-0.39, 0.29) is 0 Å². The van der Waals surface area contributed by atoms with Gasteiger partial charge < -0.3 is 5.73 Å². The van der Waals surface area contributed by atoms with Gasteiger partial charge >= 0.3 is 0 Å². The van der Waals surface area contributed by atoms with Gasteiger partial charge in [0.05, 0.1) is 0 Å². The van der Waals surface area contributed by atoms with Gasteiger partial charge in [-0.1, -0.05) is 12.2 Å². The maximum atomic E-state index is 5.48. The number of rotatable bonds is 1. The van der Waals surface area contributed by atoms with E-state index < -0.39 is 0 Å². The molecule has 0 saturated carbocycles. The molecule has 0 radical (unpaired) electrons. The summed E-state index contributed by atoms with van der Waals surface area (Å²) in [5, 5.41) is 0. The predicted octanol–water partition coefficient (Wildman–Crippen LogP) is 1.63. The number of hydrogen-bond acceptors (Lipinski definition) is 2. The summed E-state index contributed by atoms with van der Waals surface area (Å²) >= 11 is 7.02. The molecule has 2 N–H and O–H groups in total. The van der Waals surface area contributed by atoms with Gasteiger partial charge in [-0.15, -0.1) is 0 Å². The normalized spacial score (nSPS) is 9.64. The second-order valence-corrected chi connectivity index (χ2v) is 3.77. The first-order chi connectivity index (χ1) is 5.11. The zero-order valence-electron chi connectivity index (χ0n) is 5.97. The zero-order chi connectivity index (χ0) is 8.43. The number of aryl methyl sites for hydroxylation is 1. The van der Waals surface area contributed by atoms with Gasteiger partial charge in [0.1, 0.15) is 4.99 Å². The molecule has 0 fully saturated rings. The fourth-order valence-corrected chi connectivity index (χ4v) is 1.67. The van der Waals surface area contributed by atoms with Crippen molar-refractivity contribution in [1.29, 1.82) is 0 Å². The molecule has 0 amide bonds. The fraction of sp³-hybridized carbons (Fsp3) is 0.143. The third-order valence-corrected chi connectivity index (χ3v) is 2.34. The topological polar surface area (TPSA) is 38.9 Å². The SMILES string of the molecule is Cc1cc(C(N)=S)c(I)cn1. The first kappa shape index (κ1) is 8.86. The molecule has 11 heavy (non-hydrogen) atoms. The summed E-state index contributed by atoms with van der Waals surface area (Å²) in [4.78, 5) is 4.53. The third-order valence-electron chi connectivity index (χ3n) is 1.26. The molecule has 1 rings (SSSR count). The van der Waals surface area contributed by atoms with Crippen LogP contribution in [0.5, 0.6) is 0 Å². The molecule has 0 atom stereocenters. The van der Waals surface area contributed by atoms with Crippen molar-refractivity contribution in [3.63, 3.8) is 0 Å². The highest BCUT2D eigenvalue weighted by atomic mass is 127. The van der Waals surface area contributed by atoms with E-state index in [1.165, 1.54) is 0 Å². The highest BCUT2D eigenvalue weighted by Crippen LogP contribution is 2.11. The van der Waals surface area contributed by atoms with Crippen LogP contribution in [0.25, 0.3) is 0 Å². The second kappa shape index (κ2) is 3.44. The van der Waals surface area contributed by atoms with E-state index >= 15 is 0 Å². The van der Waals surface area contributed by atoms with E-state index in [0.29, 0.717) is 4.99 Å². The molecule has 0 aliphatic heterocycles. The van der Waals surface area contributed by atoms with Gasteiger partial charge in [-0.2, -0.15) is 0 Å². The summed E-state index contributed by atoms with van der Waals surface area (Å²) in [7, 11) is 0. The molecule has 1 aromatic rings. The smallest absolute Gasteiger partial charge is 0.105 e. The first-order valence-electron chi connectivity index (χ1n) is 3.03. The lowest BCUT2D eigenvalue weighted by Gasteiger charge is -2.01. The van der Waals surface area contributed by atoms with E-state index in [9.17, 15) is 0 Å². The molecule has 0 aliphatic rings. The van der Waals surface area contributed by atoms with Crippen LogP contribution in [0.1, 0.15) is 11.3 Å². The number of hydrogen-bond donors (Lipinski definition) is 1. The fourth-order valence-electron chi connectivity index (χ4n) is 0.732. The van der Waals surface area contributed by atoms with Crippen LogP contribution >= 0.6 is 34.8 Å². The van der Waals surface area contributed by atoms with Crippen molar-refractivity contribution in [3.05, 3.63) is 27.1 Å². The maximum Gasteiger partial charge on any atom is 0.105 e. The van der Waals surface area contributed by atoms with Gasteiger partial charge in [-0.25, -0.2) is 0 Å². The van der Waals surface area contributed by atoms with Gasteiger partial charge in [-0.3, -0.25) is 4.98 Å². The quantitative estimate of drug-likeness (QED) is 0.627. The van der Waals surface area contributed by atoms with Crippen molar-refractivity contribution >= 4 is 39.8 Å². The van der Waals surface area contributed by atoms with Gasteiger partial charge in [0.2, 0.25) is 0 Å². The number of halogens is 1. The Bertz CT molecular complexity index is 298. The number of aromatic nitrogens is 1. The molecule has 0 bridgehead atoms. The number of pyridine rings is 1.